The van der Waals surface area contributed by atoms with Crippen molar-refractivity contribution < 1.29 is 42.1 Å². The molecule has 0 heterocycles. The Morgan fingerprint density at radius 1 is 0.882 bits per heavy atom. The lowest BCUT2D eigenvalue weighted by Crippen LogP contribution is -2.40. The predicted molar refractivity (Wildman–Crippen MR) is 44.5 cm³/mol. The fourth-order valence-corrected chi connectivity index (χ4v) is 0.448. The first-order valence-corrected chi connectivity index (χ1v) is 3.73. The average Bonchev–Trinajstić information content (AvgIpc) is 2.16. The summed E-state index contributed by atoms with van der Waals surface area (Å²) in [6.07, 6.45) is 0. The number of alkyl halides is 4. The number of hydrogen-bond acceptors (Lipinski definition) is 5. The van der Waals surface area contributed by atoms with Crippen molar-refractivity contribution in [1.82, 2.24) is 0 Å². The number of halogens is 4. The highest BCUT2D eigenvalue weighted by Gasteiger charge is 2.51. The second kappa shape index (κ2) is 4.44. The lowest BCUT2D eigenvalue weighted by molar-refractivity contribution is -0.190. The van der Waals surface area contributed by atoms with Crippen molar-refractivity contribution in [3.63, 3.8) is 0 Å². The van der Waals surface area contributed by atoms with Crippen LogP contribution in [-0.4, -0.2) is 34.0 Å². The summed E-state index contributed by atoms with van der Waals surface area (Å²) < 4.78 is 53.4. The third-order valence-corrected chi connectivity index (χ3v) is 1.42. The average molecular weight is 258 g/mol. The van der Waals surface area contributed by atoms with E-state index >= 15 is 0 Å². The van der Waals surface area contributed by atoms with Crippen LogP contribution in [0.1, 0.15) is 0 Å². The highest BCUT2D eigenvalue weighted by atomic mass is 19.3. The molecule has 0 unspecified atom stereocenters. The van der Waals surface area contributed by atoms with Crippen molar-refractivity contribution in [2.45, 2.75) is 11.8 Å². The number of esters is 2. The standard InChI is InChI=1S/C8H6F4O5/c1-3(13)7(9,10)5(15)17-6(16)8(11,12)4(2)14/h13-14H,1-2H2. The predicted octanol–water partition coefficient (Wildman–Crippen LogP) is 1.47. The summed E-state index contributed by atoms with van der Waals surface area (Å²) in [7, 11) is 0. The van der Waals surface area contributed by atoms with E-state index in [-0.39, 0.29) is 0 Å². The zero-order valence-electron chi connectivity index (χ0n) is 8.05. The number of carbonyl (C=O) groups excluding carboxylic acids is 2. The van der Waals surface area contributed by atoms with Gasteiger partial charge in [-0.25, -0.2) is 9.59 Å². The molecular formula is C8H6F4O5. The molecule has 0 aromatic carbocycles. The molecule has 0 aliphatic rings. The molecule has 0 rings (SSSR count). The minimum absolute atomic E-state index is 1.98. The fourth-order valence-electron chi connectivity index (χ4n) is 0.448. The molecule has 0 bridgehead atoms. The van der Waals surface area contributed by atoms with E-state index in [0.29, 0.717) is 0 Å². The molecule has 0 aromatic heterocycles. The normalized spacial score (nSPS) is 11.8. The van der Waals surface area contributed by atoms with E-state index in [1.807, 2.05) is 0 Å². The second-order valence-corrected chi connectivity index (χ2v) is 2.72. The zero-order chi connectivity index (χ0) is 14.0. The first kappa shape index (κ1) is 14.9. The van der Waals surface area contributed by atoms with Crippen LogP contribution in [0.4, 0.5) is 17.6 Å². The SMILES string of the molecule is C=C(O)C(F)(F)C(=O)OC(=O)C(F)(F)C(=C)O. The van der Waals surface area contributed by atoms with E-state index in [1.165, 1.54) is 0 Å². The monoisotopic (exact) mass is 258 g/mol. The van der Waals surface area contributed by atoms with Gasteiger partial charge in [0.25, 0.3) is 0 Å². The molecule has 0 saturated carbocycles. The Morgan fingerprint density at radius 3 is 1.29 bits per heavy atom. The van der Waals surface area contributed by atoms with Crippen LogP contribution in [-0.2, 0) is 14.3 Å². The first-order valence-electron chi connectivity index (χ1n) is 3.73. The minimum atomic E-state index is -4.72. The molecule has 2 N–H and O–H groups in total. The maximum Gasteiger partial charge on any atom is 0.398 e. The van der Waals surface area contributed by atoms with Crippen LogP contribution in [0.3, 0.4) is 0 Å². The summed E-state index contributed by atoms with van der Waals surface area (Å²) >= 11 is 0. The summed E-state index contributed by atoms with van der Waals surface area (Å²) in [6, 6.07) is 0. The van der Waals surface area contributed by atoms with Gasteiger partial charge in [0.15, 0.2) is 11.5 Å². The topological polar surface area (TPSA) is 83.8 Å². The molecule has 0 amide bonds. The van der Waals surface area contributed by atoms with Gasteiger partial charge in [-0.1, -0.05) is 13.2 Å². The minimum Gasteiger partial charge on any atom is -0.506 e. The van der Waals surface area contributed by atoms with E-state index in [2.05, 4.69) is 17.9 Å². The lowest BCUT2D eigenvalue weighted by atomic mass is 10.3. The molecule has 0 atom stereocenters. The van der Waals surface area contributed by atoms with E-state index in [4.69, 9.17) is 10.2 Å². The van der Waals surface area contributed by atoms with Crippen LogP contribution in [0.5, 0.6) is 0 Å². The number of carbonyl (C=O) groups is 2. The molecule has 0 saturated heterocycles. The van der Waals surface area contributed by atoms with Gasteiger partial charge in [0.05, 0.1) is 0 Å². The largest absolute Gasteiger partial charge is 0.506 e. The van der Waals surface area contributed by atoms with Crippen molar-refractivity contribution in [1.29, 1.82) is 0 Å². The Hall–Kier alpha value is -2.06. The number of rotatable bonds is 4. The molecule has 17 heavy (non-hydrogen) atoms. The van der Waals surface area contributed by atoms with Crippen molar-refractivity contribution in [3.05, 3.63) is 24.7 Å². The summed E-state index contributed by atoms with van der Waals surface area (Å²) in [5.74, 6) is -18.9. The second-order valence-electron chi connectivity index (χ2n) is 2.72. The Morgan fingerprint density at radius 2 is 1.12 bits per heavy atom. The summed E-state index contributed by atoms with van der Waals surface area (Å²) in [5.41, 5.74) is 0. The lowest BCUT2D eigenvalue weighted by Gasteiger charge is -2.15. The molecule has 0 spiro atoms. The molecule has 0 radical (unpaired) electrons. The van der Waals surface area contributed by atoms with Crippen molar-refractivity contribution in [2.75, 3.05) is 0 Å². The molecule has 5 nitrogen and oxygen atoms in total. The Kier molecular flexibility index (Phi) is 3.90. The van der Waals surface area contributed by atoms with E-state index < -0.39 is 35.3 Å². The van der Waals surface area contributed by atoms with E-state index in [9.17, 15) is 27.2 Å². The number of aliphatic hydroxyl groups is 2. The van der Waals surface area contributed by atoms with Crippen LogP contribution < -0.4 is 0 Å². The quantitative estimate of drug-likeness (QED) is 0.345. The zero-order valence-corrected chi connectivity index (χ0v) is 8.05. The third kappa shape index (κ3) is 2.95. The van der Waals surface area contributed by atoms with Gasteiger partial charge < -0.3 is 14.9 Å². The number of aliphatic hydroxyl groups excluding tert-OH is 2. The number of ether oxygens (including phenoxy) is 1. The maximum atomic E-state index is 12.6. The third-order valence-electron chi connectivity index (χ3n) is 1.42. The Labute approximate surface area is 91.6 Å². The molecular weight excluding hydrogens is 252 g/mol. The molecule has 0 aromatic rings. The van der Waals surface area contributed by atoms with Gasteiger partial charge in [-0.05, 0) is 0 Å². The highest BCUT2D eigenvalue weighted by molar-refractivity contribution is 5.94. The molecule has 0 aliphatic heterocycles. The van der Waals surface area contributed by atoms with Crippen LogP contribution in [0.15, 0.2) is 24.7 Å². The Balaban J connectivity index is 4.90. The van der Waals surface area contributed by atoms with Gasteiger partial charge in [0.2, 0.25) is 0 Å². The van der Waals surface area contributed by atoms with Crippen molar-refractivity contribution in [2.24, 2.45) is 0 Å². The highest BCUT2D eigenvalue weighted by Crippen LogP contribution is 2.26. The van der Waals surface area contributed by atoms with Crippen LogP contribution in [0, 0.1) is 0 Å². The summed E-state index contributed by atoms with van der Waals surface area (Å²) in [5, 5.41) is 16.5. The van der Waals surface area contributed by atoms with E-state index in [0.717, 1.165) is 0 Å². The number of hydrogen-bond donors (Lipinski definition) is 2. The molecule has 0 aliphatic carbocycles. The first-order chi connectivity index (χ1) is 7.44. The van der Waals surface area contributed by atoms with Crippen LogP contribution >= 0.6 is 0 Å². The molecule has 9 heteroatoms. The van der Waals surface area contributed by atoms with Crippen molar-refractivity contribution >= 4 is 11.9 Å². The summed E-state index contributed by atoms with van der Waals surface area (Å²) in [6.45, 7) is 4.58. The fraction of sp³-hybridized carbons (Fsp3) is 0.250. The smallest absolute Gasteiger partial charge is 0.398 e. The Bertz CT molecular complexity index is 351. The van der Waals surface area contributed by atoms with Gasteiger partial charge in [-0.2, -0.15) is 17.6 Å². The maximum absolute atomic E-state index is 12.6. The molecule has 96 valence electrons. The van der Waals surface area contributed by atoms with Crippen LogP contribution in [0.2, 0.25) is 0 Å². The van der Waals surface area contributed by atoms with Gasteiger partial charge in [-0.3, -0.25) is 0 Å². The van der Waals surface area contributed by atoms with Crippen LogP contribution in [0.25, 0.3) is 0 Å². The summed E-state index contributed by atoms with van der Waals surface area (Å²) in [4.78, 5) is 21.1. The van der Waals surface area contributed by atoms with Gasteiger partial charge in [-0.15, -0.1) is 0 Å². The van der Waals surface area contributed by atoms with Gasteiger partial charge >= 0.3 is 23.8 Å². The van der Waals surface area contributed by atoms with Crippen molar-refractivity contribution in [3.8, 4) is 0 Å². The van der Waals surface area contributed by atoms with Gasteiger partial charge in [0, 0.05) is 0 Å². The molecule has 0 fully saturated rings. The van der Waals surface area contributed by atoms with E-state index in [1.54, 1.807) is 0 Å². The van der Waals surface area contributed by atoms with Gasteiger partial charge in [0.1, 0.15) is 0 Å².